The molecule has 4 heteroatoms. The molecule has 0 amide bonds. The molecule has 4 nitrogen and oxygen atoms in total. The van der Waals surface area contributed by atoms with E-state index in [2.05, 4.69) is 6.92 Å². The predicted molar refractivity (Wildman–Crippen MR) is 53.3 cm³/mol. The number of ether oxygens (including phenoxy) is 1. The summed E-state index contributed by atoms with van der Waals surface area (Å²) < 4.78 is 5.54. The SMILES string of the molecule is CCCC1CN(C(C)C(=O)O)CCO1. The molecule has 1 aliphatic heterocycles. The van der Waals surface area contributed by atoms with Gasteiger partial charge in [0.1, 0.15) is 6.04 Å². The summed E-state index contributed by atoms with van der Waals surface area (Å²) in [5.74, 6) is -0.748. The molecule has 0 aromatic rings. The maximum Gasteiger partial charge on any atom is 0.320 e. The minimum absolute atomic E-state index is 0.218. The topological polar surface area (TPSA) is 49.8 Å². The molecule has 2 unspecified atom stereocenters. The van der Waals surface area contributed by atoms with E-state index in [1.54, 1.807) is 6.92 Å². The van der Waals surface area contributed by atoms with Crippen LogP contribution in [0.3, 0.4) is 0 Å². The molecule has 2 atom stereocenters. The number of carboxylic acid groups (broad SMARTS) is 1. The van der Waals surface area contributed by atoms with Gasteiger partial charge in [0.15, 0.2) is 0 Å². The molecule has 1 aliphatic rings. The summed E-state index contributed by atoms with van der Waals surface area (Å²) in [6, 6.07) is -0.391. The normalized spacial score (nSPS) is 26.0. The number of hydrogen-bond acceptors (Lipinski definition) is 3. The fraction of sp³-hybridized carbons (Fsp3) is 0.900. The lowest BCUT2D eigenvalue weighted by molar-refractivity contribution is -0.145. The van der Waals surface area contributed by atoms with Crippen molar-refractivity contribution in [3.8, 4) is 0 Å². The van der Waals surface area contributed by atoms with Crippen LogP contribution in [0, 0.1) is 0 Å². The largest absolute Gasteiger partial charge is 0.480 e. The van der Waals surface area contributed by atoms with Crippen LogP contribution in [0.25, 0.3) is 0 Å². The zero-order valence-electron chi connectivity index (χ0n) is 8.90. The zero-order chi connectivity index (χ0) is 10.6. The molecule has 0 aromatic heterocycles. The van der Waals surface area contributed by atoms with Crippen molar-refractivity contribution in [3.63, 3.8) is 0 Å². The van der Waals surface area contributed by atoms with E-state index in [1.807, 2.05) is 4.90 Å². The third-order valence-electron chi connectivity index (χ3n) is 2.69. The quantitative estimate of drug-likeness (QED) is 0.736. The Balaban J connectivity index is 2.43. The van der Waals surface area contributed by atoms with Gasteiger partial charge in [-0.1, -0.05) is 13.3 Å². The lowest BCUT2D eigenvalue weighted by atomic mass is 10.1. The van der Waals surface area contributed by atoms with Crippen LogP contribution in [0.5, 0.6) is 0 Å². The maximum atomic E-state index is 10.8. The number of nitrogens with zero attached hydrogens (tertiary/aromatic N) is 1. The van der Waals surface area contributed by atoms with Crippen LogP contribution in [0.15, 0.2) is 0 Å². The van der Waals surface area contributed by atoms with E-state index in [0.29, 0.717) is 6.61 Å². The second-order valence-electron chi connectivity index (χ2n) is 3.79. The number of aliphatic carboxylic acids is 1. The Morgan fingerprint density at radius 2 is 2.43 bits per heavy atom. The summed E-state index contributed by atoms with van der Waals surface area (Å²) in [6.45, 7) is 5.98. The van der Waals surface area contributed by atoms with Gasteiger partial charge in [0, 0.05) is 13.1 Å². The van der Waals surface area contributed by atoms with E-state index in [-0.39, 0.29) is 6.10 Å². The Hall–Kier alpha value is -0.610. The Bertz CT molecular complexity index is 194. The molecule has 1 fully saturated rings. The molecule has 1 rings (SSSR count). The van der Waals surface area contributed by atoms with Crippen molar-refractivity contribution in [1.29, 1.82) is 0 Å². The van der Waals surface area contributed by atoms with Gasteiger partial charge in [-0.3, -0.25) is 9.69 Å². The Morgan fingerprint density at radius 1 is 1.71 bits per heavy atom. The average Bonchev–Trinajstić information content (AvgIpc) is 2.17. The van der Waals surface area contributed by atoms with E-state index in [0.717, 1.165) is 25.9 Å². The molecular formula is C10H19NO3. The summed E-state index contributed by atoms with van der Waals surface area (Å²) in [5, 5.41) is 8.87. The van der Waals surface area contributed by atoms with Crippen LogP contribution in [0.1, 0.15) is 26.7 Å². The van der Waals surface area contributed by atoms with Crippen molar-refractivity contribution in [2.45, 2.75) is 38.8 Å². The van der Waals surface area contributed by atoms with Crippen molar-refractivity contribution in [3.05, 3.63) is 0 Å². The molecule has 1 N–H and O–H groups in total. The molecule has 0 aromatic carbocycles. The zero-order valence-corrected chi connectivity index (χ0v) is 8.90. The van der Waals surface area contributed by atoms with Gasteiger partial charge in [0.2, 0.25) is 0 Å². The monoisotopic (exact) mass is 201 g/mol. The molecule has 14 heavy (non-hydrogen) atoms. The highest BCUT2D eigenvalue weighted by molar-refractivity contribution is 5.72. The first-order valence-corrected chi connectivity index (χ1v) is 5.23. The lowest BCUT2D eigenvalue weighted by Crippen LogP contribution is -2.49. The summed E-state index contributed by atoms with van der Waals surface area (Å²) >= 11 is 0. The van der Waals surface area contributed by atoms with Crippen LogP contribution in [0.4, 0.5) is 0 Å². The first-order valence-electron chi connectivity index (χ1n) is 5.23. The van der Waals surface area contributed by atoms with Crippen LogP contribution in [-0.4, -0.2) is 47.8 Å². The number of morpholine rings is 1. The van der Waals surface area contributed by atoms with Gasteiger partial charge >= 0.3 is 5.97 Å². The summed E-state index contributed by atoms with van der Waals surface area (Å²) in [4.78, 5) is 12.8. The molecule has 0 saturated carbocycles. The fourth-order valence-electron chi connectivity index (χ4n) is 1.75. The van der Waals surface area contributed by atoms with Crippen LogP contribution >= 0.6 is 0 Å². The highest BCUT2D eigenvalue weighted by Gasteiger charge is 2.26. The minimum atomic E-state index is -0.748. The van der Waals surface area contributed by atoms with E-state index < -0.39 is 12.0 Å². The maximum absolute atomic E-state index is 10.8. The highest BCUT2D eigenvalue weighted by Crippen LogP contribution is 2.12. The molecule has 0 spiro atoms. The van der Waals surface area contributed by atoms with Gasteiger partial charge in [-0.2, -0.15) is 0 Å². The minimum Gasteiger partial charge on any atom is -0.480 e. The van der Waals surface area contributed by atoms with E-state index in [4.69, 9.17) is 9.84 Å². The van der Waals surface area contributed by atoms with Gasteiger partial charge < -0.3 is 9.84 Å². The van der Waals surface area contributed by atoms with Crippen molar-refractivity contribution < 1.29 is 14.6 Å². The van der Waals surface area contributed by atoms with Gasteiger partial charge in [0.25, 0.3) is 0 Å². The van der Waals surface area contributed by atoms with Crippen molar-refractivity contribution in [2.75, 3.05) is 19.7 Å². The molecule has 82 valence electrons. The van der Waals surface area contributed by atoms with Crippen LogP contribution in [0.2, 0.25) is 0 Å². The Kier molecular flexibility index (Phi) is 4.35. The van der Waals surface area contributed by atoms with Crippen molar-refractivity contribution in [1.82, 2.24) is 4.90 Å². The van der Waals surface area contributed by atoms with Gasteiger partial charge in [-0.15, -0.1) is 0 Å². The molecule has 0 radical (unpaired) electrons. The summed E-state index contributed by atoms with van der Waals surface area (Å²) in [5.41, 5.74) is 0. The molecule has 1 heterocycles. The highest BCUT2D eigenvalue weighted by atomic mass is 16.5. The molecule has 0 bridgehead atoms. The summed E-state index contributed by atoms with van der Waals surface area (Å²) in [6.07, 6.45) is 2.32. The van der Waals surface area contributed by atoms with Gasteiger partial charge in [-0.05, 0) is 13.3 Å². The van der Waals surface area contributed by atoms with E-state index in [1.165, 1.54) is 0 Å². The Labute approximate surface area is 84.8 Å². The number of rotatable bonds is 4. The number of hydrogen-bond donors (Lipinski definition) is 1. The third-order valence-corrected chi connectivity index (χ3v) is 2.69. The smallest absolute Gasteiger partial charge is 0.320 e. The molecule has 1 saturated heterocycles. The standard InChI is InChI=1S/C10H19NO3/c1-3-4-9-7-11(5-6-14-9)8(2)10(12)13/h8-9H,3-7H2,1-2H3,(H,12,13). The summed E-state index contributed by atoms with van der Waals surface area (Å²) in [7, 11) is 0. The van der Waals surface area contributed by atoms with Crippen molar-refractivity contribution in [2.24, 2.45) is 0 Å². The fourth-order valence-corrected chi connectivity index (χ4v) is 1.75. The first-order chi connectivity index (χ1) is 6.65. The molecular weight excluding hydrogens is 182 g/mol. The third kappa shape index (κ3) is 2.96. The van der Waals surface area contributed by atoms with E-state index in [9.17, 15) is 4.79 Å². The van der Waals surface area contributed by atoms with E-state index >= 15 is 0 Å². The van der Waals surface area contributed by atoms with Crippen LogP contribution < -0.4 is 0 Å². The first kappa shape index (κ1) is 11.5. The van der Waals surface area contributed by atoms with Crippen LogP contribution in [-0.2, 0) is 9.53 Å². The van der Waals surface area contributed by atoms with Crippen molar-refractivity contribution >= 4 is 5.97 Å². The molecule has 0 aliphatic carbocycles. The second-order valence-corrected chi connectivity index (χ2v) is 3.79. The number of carboxylic acids is 1. The average molecular weight is 201 g/mol. The Morgan fingerprint density at radius 3 is 3.00 bits per heavy atom. The number of carbonyl (C=O) groups is 1. The second kappa shape index (κ2) is 5.32. The lowest BCUT2D eigenvalue weighted by Gasteiger charge is -2.35. The van der Waals surface area contributed by atoms with Gasteiger partial charge in [0.05, 0.1) is 12.7 Å². The van der Waals surface area contributed by atoms with Gasteiger partial charge in [-0.25, -0.2) is 0 Å². The predicted octanol–water partition coefficient (Wildman–Crippen LogP) is 0.960.